The first-order valence-corrected chi connectivity index (χ1v) is 6.76. The normalized spacial score (nSPS) is 33.6. The molecule has 2 saturated heterocycles. The molecular formula is C11H18O4S. The van der Waals surface area contributed by atoms with Gasteiger partial charge < -0.3 is 14.6 Å². The van der Waals surface area contributed by atoms with E-state index in [0.29, 0.717) is 25.9 Å². The van der Waals surface area contributed by atoms with Crippen molar-refractivity contribution in [1.29, 1.82) is 0 Å². The predicted molar refractivity (Wildman–Crippen MR) is 61.4 cm³/mol. The van der Waals surface area contributed by atoms with Crippen LogP contribution in [0.3, 0.4) is 0 Å². The molecule has 5 heteroatoms. The highest BCUT2D eigenvalue weighted by molar-refractivity contribution is 7.99. The lowest BCUT2D eigenvalue weighted by Crippen LogP contribution is -2.56. The Morgan fingerprint density at radius 3 is 2.56 bits per heavy atom. The molecular weight excluding hydrogens is 228 g/mol. The number of carbonyl (C=O) groups is 1. The van der Waals surface area contributed by atoms with Crippen LogP contribution in [0.2, 0.25) is 0 Å². The van der Waals surface area contributed by atoms with E-state index in [9.17, 15) is 9.90 Å². The van der Waals surface area contributed by atoms with E-state index < -0.39 is 11.0 Å². The quantitative estimate of drug-likeness (QED) is 0.731. The van der Waals surface area contributed by atoms with Crippen molar-refractivity contribution in [2.75, 3.05) is 31.8 Å². The van der Waals surface area contributed by atoms with Gasteiger partial charge in [-0.3, -0.25) is 4.79 Å². The number of thioether (sulfide) groups is 1. The zero-order valence-corrected chi connectivity index (χ0v) is 10.3. The fourth-order valence-corrected chi connectivity index (χ4v) is 3.90. The summed E-state index contributed by atoms with van der Waals surface area (Å²) in [5.41, 5.74) is -1.77. The summed E-state index contributed by atoms with van der Waals surface area (Å²) in [6, 6.07) is 0. The average molecular weight is 246 g/mol. The van der Waals surface area contributed by atoms with Gasteiger partial charge in [-0.15, -0.1) is 0 Å². The molecule has 4 nitrogen and oxygen atoms in total. The fraction of sp³-hybridized carbons (Fsp3) is 0.909. The summed E-state index contributed by atoms with van der Waals surface area (Å²) in [4.78, 5) is 12.0. The van der Waals surface area contributed by atoms with Crippen LogP contribution in [0.5, 0.6) is 0 Å². The third-order valence-corrected chi connectivity index (χ3v) is 4.80. The SMILES string of the molecule is COC(=O)C1(C2(O)CCOC2)CCSCC1. The highest BCUT2D eigenvalue weighted by atomic mass is 32.2. The van der Waals surface area contributed by atoms with Crippen LogP contribution in [-0.4, -0.2) is 48.5 Å². The zero-order chi connectivity index (χ0) is 11.6. The summed E-state index contributed by atoms with van der Waals surface area (Å²) >= 11 is 1.82. The zero-order valence-electron chi connectivity index (χ0n) is 9.53. The number of rotatable bonds is 2. The van der Waals surface area contributed by atoms with Crippen LogP contribution in [0, 0.1) is 5.41 Å². The first-order chi connectivity index (χ1) is 7.65. The summed E-state index contributed by atoms with van der Waals surface area (Å²) in [5, 5.41) is 10.6. The van der Waals surface area contributed by atoms with E-state index >= 15 is 0 Å². The van der Waals surface area contributed by atoms with Gasteiger partial charge in [0.05, 0.1) is 13.7 Å². The fourth-order valence-electron chi connectivity index (χ4n) is 2.71. The lowest BCUT2D eigenvalue weighted by Gasteiger charge is -2.44. The Labute approximate surface area is 99.7 Å². The van der Waals surface area contributed by atoms with E-state index in [1.54, 1.807) is 0 Å². The van der Waals surface area contributed by atoms with Gasteiger partial charge in [-0.05, 0) is 24.3 Å². The van der Waals surface area contributed by atoms with Gasteiger partial charge in [0.25, 0.3) is 0 Å². The average Bonchev–Trinajstić information content (AvgIpc) is 2.77. The van der Waals surface area contributed by atoms with Gasteiger partial charge in [-0.2, -0.15) is 11.8 Å². The van der Waals surface area contributed by atoms with Crippen LogP contribution >= 0.6 is 11.8 Å². The predicted octanol–water partition coefficient (Wildman–Crippen LogP) is 0.824. The molecule has 1 unspecified atom stereocenters. The van der Waals surface area contributed by atoms with Crippen LogP contribution in [0.4, 0.5) is 0 Å². The van der Waals surface area contributed by atoms with Crippen molar-refractivity contribution in [3.63, 3.8) is 0 Å². The Hall–Kier alpha value is -0.260. The first kappa shape index (κ1) is 12.2. The molecule has 0 aliphatic carbocycles. The number of aliphatic hydroxyl groups is 1. The minimum atomic E-state index is -1.03. The third-order valence-electron chi connectivity index (χ3n) is 3.81. The molecule has 2 rings (SSSR count). The highest BCUT2D eigenvalue weighted by Gasteiger charge is 2.58. The number of carbonyl (C=O) groups excluding carboxylic acids is 1. The van der Waals surface area contributed by atoms with Crippen molar-refractivity contribution >= 4 is 17.7 Å². The van der Waals surface area contributed by atoms with E-state index in [4.69, 9.17) is 9.47 Å². The molecule has 2 fully saturated rings. The molecule has 0 aromatic rings. The second-order valence-electron chi connectivity index (χ2n) is 4.52. The van der Waals surface area contributed by atoms with Crippen molar-refractivity contribution in [3.05, 3.63) is 0 Å². The van der Waals surface area contributed by atoms with E-state index in [1.165, 1.54) is 7.11 Å². The van der Waals surface area contributed by atoms with Gasteiger partial charge in [-0.1, -0.05) is 0 Å². The number of hydrogen-bond acceptors (Lipinski definition) is 5. The minimum Gasteiger partial charge on any atom is -0.469 e. The van der Waals surface area contributed by atoms with Gasteiger partial charge >= 0.3 is 5.97 Å². The van der Waals surface area contributed by atoms with Gasteiger partial charge in [0.2, 0.25) is 0 Å². The Morgan fingerprint density at radius 2 is 2.06 bits per heavy atom. The van der Waals surface area contributed by atoms with Gasteiger partial charge in [0, 0.05) is 13.0 Å². The Balaban J connectivity index is 2.28. The van der Waals surface area contributed by atoms with Crippen LogP contribution < -0.4 is 0 Å². The third kappa shape index (κ3) is 1.75. The standard InChI is InChI=1S/C11H18O4S/c1-14-9(12)10(3-6-16-7-4-10)11(13)2-5-15-8-11/h13H,2-8H2,1H3. The Bertz CT molecular complexity index is 267. The van der Waals surface area contributed by atoms with Crippen molar-refractivity contribution in [3.8, 4) is 0 Å². The topological polar surface area (TPSA) is 55.8 Å². The molecule has 2 aliphatic heterocycles. The lowest BCUT2D eigenvalue weighted by atomic mass is 9.67. The van der Waals surface area contributed by atoms with E-state index in [-0.39, 0.29) is 12.6 Å². The Morgan fingerprint density at radius 1 is 1.38 bits per heavy atom. The summed E-state index contributed by atoms with van der Waals surface area (Å²) < 4.78 is 10.2. The summed E-state index contributed by atoms with van der Waals surface area (Å²) in [6.07, 6.45) is 1.90. The largest absolute Gasteiger partial charge is 0.469 e. The van der Waals surface area contributed by atoms with Crippen molar-refractivity contribution in [2.24, 2.45) is 5.41 Å². The number of methoxy groups -OCH3 is 1. The smallest absolute Gasteiger partial charge is 0.314 e. The first-order valence-electron chi connectivity index (χ1n) is 5.61. The molecule has 0 amide bonds. The van der Waals surface area contributed by atoms with Crippen molar-refractivity contribution < 1.29 is 19.4 Å². The second kappa shape index (κ2) is 4.55. The second-order valence-corrected chi connectivity index (χ2v) is 5.74. The molecule has 0 spiro atoms. The molecule has 16 heavy (non-hydrogen) atoms. The maximum atomic E-state index is 12.0. The maximum Gasteiger partial charge on any atom is 0.314 e. The van der Waals surface area contributed by atoms with Gasteiger partial charge in [0.1, 0.15) is 11.0 Å². The molecule has 0 aromatic carbocycles. The van der Waals surface area contributed by atoms with E-state index in [2.05, 4.69) is 0 Å². The minimum absolute atomic E-state index is 0.257. The molecule has 0 bridgehead atoms. The summed E-state index contributed by atoms with van der Waals surface area (Å²) in [7, 11) is 1.39. The van der Waals surface area contributed by atoms with Gasteiger partial charge in [-0.25, -0.2) is 0 Å². The molecule has 0 aromatic heterocycles. The van der Waals surface area contributed by atoms with Crippen molar-refractivity contribution in [2.45, 2.75) is 24.9 Å². The van der Waals surface area contributed by atoms with Crippen LogP contribution in [0.15, 0.2) is 0 Å². The Kier molecular flexibility index (Phi) is 3.47. The molecule has 1 N–H and O–H groups in total. The van der Waals surface area contributed by atoms with Crippen LogP contribution in [0.1, 0.15) is 19.3 Å². The van der Waals surface area contributed by atoms with Crippen LogP contribution in [0.25, 0.3) is 0 Å². The number of hydrogen-bond donors (Lipinski definition) is 1. The van der Waals surface area contributed by atoms with Crippen molar-refractivity contribution in [1.82, 2.24) is 0 Å². The molecule has 2 aliphatic rings. The monoisotopic (exact) mass is 246 g/mol. The molecule has 0 radical (unpaired) electrons. The van der Waals surface area contributed by atoms with E-state index in [1.807, 2.05) is 11.8 Å². The lowest BCUT2D eigenvalue weighted by molar-refractivity contribution is -0.175. The van der Waals surface area contributed by atoms with E-state index in [0.717, 1.165) is 11.5 Å². The summed E-state index contributed by atoms with van der Waals surface area (Å²) in [5.74, 6) is 1.52. The molecule has 1 atom stereocenters. The number of ether oxygens (including phenoxy) is 2. The highest BCUT2D eigenvalue weighted by Crippen LogP contribution is 2.48. The molecule has 0 saturated carbocycles. The number of esters is 1. The maximum absolute atomic E-state index is 12.0. The van der Waals surface area contributed by atoms with Crippen LogP contribution in [-0.2, 0) is 14.3 Å². The molecule has 92 valence electrons. The summed E-state index contributed by atoms with van der Waals surface area (Å²) in [6.45, 7) is 0.787. The van der Waals surface area contributed by atoms with Gasteiger partial charge in [0.15, 0.2) is 0 Å². The molecule has 2 heterocycles.